The summed E-state index contributed by atoms with van der Waals surface area (Å²) >= 11 is 0. The van der Waals surface area contributed by atoms with Crippen LogP contribution in [0.5, 0.6) is 0 Å². The maximum atomic E-state index is 11.0. The molecule has 0 aromatic carbocycles. The lowest BCUT2D eigenvalue weighted by Crippen LogP contribution is -2.54. The topological polar surface area (TPSA) is 44.4 Å². The average Bonchev–Trinajstić information content (AvgIpc) is 2.57. The van der Waals surface area contributed by atoms with E-state index in [1.54, 1.807) is 0 Å². The van der Waals surface area contributed by atoms with Gasteiger partial charge in [-0.3, -0.25) is 4.90 Å². The molecular formula is C19H39N3O. The number of amides is 2. The van der Waals surface area contributed by atoms with Crippen molar-refractivity contribution < 1.29 is 4.79 Å². The van der Waals surface area contributed by atoms with Gasteiger partial charge in [0.2, 0.25) is 0 Å². The molecule has 1 rings (SSSR count). The summed E-state index contributed by atoms with van der Waals surface area (Å²) in [5.41, 5.74) is 0. The molecule has 1 aliphatic rings. The minimum atomic E-state index is -0.0396. The Hall–Kier alpha value is -0.770. The Balaban J connectivity index is 1.71. The maximum absolute atomic E-state index is 11.0. The molecule has 0 unspecified atom stereocenters. The number of nitrogens with zero attached hydrogens (tertiary/aromatic N) is 1. The van der Waals surface area contributed by atoms with Gasteiger partial charge in [0.15, 0.2) is 0 Å². The third-order valence-corrected chi connectivity index (χ3v) is 4.75. The lowest BCUT2D eigenvalue weighted by atomic mass is 10.0. The average molecular weight is 326 g/mol. The Bertz CT molecular complexity index is 274. The van der Waals surface area contributed by atoms with Gasteiger partial charge in [0, 0.05) is 6.54 Å². The van der Waals surface area contributed by atoms with Crippen LogP contribution in [0.25, 0.3) is 0 Å². The number of unbranched alkanes of at least 4 members (excludes halogenated alkanes) is 13. The smallest absolute Gasteiger partial charge is 0.316 e. The minimum Gasteiger partial charge on any atom is -0.325 e. The summed E-state index contributed by atoms with van der Waals surface area (Å²) in [6, 6.07) is -0.0396. The fourth-order valence-electron chi connectivity index (χ4n) is 3.17. The van der Waals surface area contributed by atoms with Crippen molar-refractivity contribution in [1.29, 1.82) is 0 Å². The first kappa shape index (κ1) is 20.3. The molecule has 2 amide bonds. The van der Waals surface area contributed by atoms with Crippen molar-refractivity contribution in [3.63, 3.8) is 0 Å². The van der Waals surface area contributed by atoms with Crippen LogP contribution in [-0.4, -0.2) is 30.8 Å². The first-order valence-corrected chi connectivity index (χ1v) is 10.1. The predicted molar refractivity (Wildman–Crippen MR) is 98.4 cm³/mol. The fraction of sp³-hybridized carbons (Fsp3) is 0.947. The molecule has 0 aromatic rings. The summed E-state index contributed by atoms with van der Waals surface area (Å²) in [5, 5.41) is 5.62. The van der Waals surface area contributed by atoms with Crippen molar-refractivity contribution in [2.45, 2.75) is 96.8 Å². The monoisotopic (exact) mass is 325 g/mol. The Morgan fingerprint density at radius 2 is 1.09 bits per heavy atom. The summed E-state index contributed by atoms with van der Waals surface area (Å²) in [6.07, 6.45) is 19.6. The highest BCUT2D eigenvalue weighted by Gasteiger charge is 2.12. The summed E-state index contributed by atoms with van der Waals surface area (Å²) in [5.74, 6) is 0. The summed E-state index contributed by atoms with van der Waals surface area (Å²) < 4.78 is 0. The molecule has 23 heavy (non-hydrogen) atoms. The number of hydrogen-bond donors (Lipinski definition) is 2. The second-order valence-electron chi connectivity index (χ2n) is 6.99. The van der Waals surface area contributed by atoms with Crippen molar-refractivity contribution in [1.82, 2.24) is 15.5 Å². The molecule has 0 bridgehead atoms. The van der Waals surface area contributed by atoms with Gasteiger partial charge in [-0.15, -0.1) is 0 Å². The van der Waals surface area contributed by atoms with Gasteiger partial charge >= 0.3 is 6.03 Å². The van der Waals surface area contributed by atoms with E-state index >= 15 is 0 Å². The molecule has 4 heteroatoms. The zero-order valence-corrected chi connectivity index (χ0v) is 15.4. The standard InChI is InChI=1S/C19H39N3O/c1-2-3-4-5-6-7-8-9-10-11-12-13-14-15-16-22-17-20-19(23)21-18-22/h2-18H2,1H3,(H2,20,21,23). The minimum absolute atomic E-state index is 0.0396. The van der Waals surface area contributed by atoms with E-state index in [4.69, 9.17) is 0 Å². The number of hydrogen-bond acceptors (Lipinski definition) is 2. The van der Waals surface area contributed by atoms with Crippen LogP contribution in [0.4, 0.5) is 4.79 Å². The Morgan fingerprint density at radius 1 is 0.696 bits per heavy atom. The van der Waals surface area contributed by atoms with E-state index in [2.05, 4.69) is 22.5 Å². The van der Waals surface area contributed by atoms with Gasteiger partial charge in [-0.05, 0) is 6.42 Å². The zero-order chi connectivity index (χ0) is 16.6. The van der Waals surface area contributed by atoms with E-state index < -0.39 is 0 Å². The highest BCUT2D eigenvalue weighted by atomic mass is 16.2. The van der Waals surface area contributed by atoms with Gasteiger partial charge in [-0.25, -0.2) is 4.79 Å². The van der Waals surface area contributed by atoms with E-state index in [1.807, 2.05) is 0 Å². The molecule has 0 aliphatic carbocycles. The Kier molecular flexibility index (Phi) is 13.0. The molecule has 4 nitrogen and oxygen atoms in total. The molecule has 1 saturated heterocycles. The van der Waals surface area contributed by atoms with E-state index in [0.29, 0.717) is 13.3 Å². The summed E-state index contributed by atoms with van der Waals surface area (Å²) in [4.78, 5) is 13.2. The van der Waals surface area contributed by atoms with Crippen molar-refractivity contribution >= 4 is 6.03 Å². The van der Waals surface area contributed by atoms with Crippen LogP contribution in [0.15, 0.2) is 0 Å². The molecule has 1 fully saturated rings. The number of carbonyl (C=O) groups excluding carboxylic acids is 1. The van der Waals surface area contributed by atoms with Crippen molar-refractivity contribution in [3.05, 3.63) is 0 Å². The van der Waals surface area contributed by atoms with Crippen LogP contribution in [0.3, 0.4) is 0 Å². The molecule has 0 atom stereocenters. The molecule has 1 aliphatic heterocycles. The van der Waals surface area contributed by atoms with Crippen molar-refractivity contribution in [2.24, 2.45) is 0 Å². The third kappa shape index (κ3) is 12.3. The van der Waals surface area contributed by atoms with E-state index in [1.165, 1.54) is 89.9 Å². The number of carbonyl (C=O) groups is 1. The molecule has 1 heterocycles. The van der Waals surface area contributed by atoms with Gasteiger partial charge in [0.1, 0.15) is 0 Å². The summed E-state index contributed by atoms with van der Waals surface area (Å²) in [6.45, 7) is 4.77. The third-order valence-electron chi connectivity index (χ3n) is 4.75. The van der Waals surface area contributed by atoms with Gasteiger partial charge in [0.25, 0.3) is 0 Å². The van der Waals surface area contributed by atoms with Crippen LogP contribution < -0.4 is 10.6 Å². The molecule has 0 spiro atoms. The zero-order valence-electron chi connectivity index (χ0n) is 15.4. The molecule has 2 N–H and O–H groups in total. The molecule has 0 aromatic heterocycles. The first-order valence-electron chi connectivity index (χ1n) is 10.1. The lowest BCUT2D eigenvalue weighted by molar-refractivity contribution is 0.180. The number of nitrogens with one attached hydrogen (secondary N) is 2. The Labute approximate surface area is 143 Å². The number of urea groups is 1. The van der Waals surface area contributed by atoms with Crippen LogP contribution in [0.2, 0.25) is 0 Å². The largest absolute Gasteiger partial charge is 0.325 e. The predicted octanol–water partition coefficient (Wildman–Crippen LogP) is 5.00. The van der Waals surface area contributed by atoms with Crippen LogP contribution in [-0.2, 0) is 0 Å². The maximum Gasteiger partial charge on any atom is 0.316 e. The SMILES string of the molecule is CCCCCCCCCCCCCCCCN1CNC(=O)NC1. The highest BCUT2D eigenvalue weighted by Crippen LogP contribution is 2.13. The van der Waals surface area contributed by atoms with Gasteiger partial charge in [0.05, 0.1) is 13.3 Å². The highest BCUT2D eigenvalue weighted by molar-refractivity contribution is 5.74. The summed E-state index contributed by atoms with van der Waals surface area (Å²) in [7, 11) is 0. The normalized spacial score (nSPS) is 15.4. The van der Waals surface area contributed by atoms with Crippen molar-refractivity contribution in [3.8, 4) is 0 Å². The molecule has 0 radical (unpaired) electrons. The second-order valence-corrected chi connectivity index (χ2v) is 6.99. The van der Waals surface area contributed by atoms with Gasteiger partial charge in [-0.2, -0.15) is 0 Å². The first-order chi connectivity index (χ1) is 11.3. The van der Waals surface area contributed by atoms with E-state index in [0.717, 1.165) is 6.54 Å². The fourth-order valence-corrected chi connectivity index (χ4v) is 3.17. The molecular weight excluding hydrogens is 286 g/mol. The van der Waals surface area contributed by atoms with Gasteiger partial charge in [-0.1, -0.05) is 90.4 Å². The van der Waals surface area contributed by atoms with E-state index in [9.17, 15) is 4.79 Å². The quantitative estimate of drug-likeness (QED) is 0.416. The van der Waals surface area contributed by atoms with Crippen molar-refractivity contribution in [2.75, 3.05) is 19.9 Å². The van der Waals surface area contributed by atoms with Crippen LogP contribution in [0, 0.1) is 0 Å². The van der Waals surface area contributed by atoms with Crippen LogP contribution >= 0.6 is 0 Å². The Morgan fingerprint density at radius 3 is 1.52 bits per heavy atom. The lowest BCUT2D eigenvalue weighted by Gasteiger charge is -2.27. The second kappa shape index (κ2) is 14.8. The van der Waals surface area contributed by atoms with E-state index in [-0.39, 0.29) is 6.03 Å². The van der Waals surface area contributed by atoms with Gasteiger partial charge < -0.3 is 10.6 Å². The molecule has 136 valence electrons. The number of rotatable bonds is 15. The molecule has 0 saturated carbocycles. The van der Waals surface area contributed by atoms with Crippen LogP contribution in [0.1, 0.15) is 96.8 Å².